The minimum atomic E-state index is -1.39. The first-order chi connectivity index (χ1) is 9.80. The van der Waals surface area contributed by atoms with Gasteiger partial charge in [-0.15, -0.1) is 0 Å². The normalized spacial score (nSPS) is 25.0. The Labute approximate surface area is 127 Å². The van der Waals surface area contributed by atoms with Crippen LogP contribution in [0.2, 0.25) is 0 Å². The summed E-state index contributed by atoms with van der Waals surface area (Å²) in [7, 11) is 0. The predicted molar refractivity (Wildman–Crippen MR) is 83.0 cm³/mol. The lowest BCUT2D eigenvalue weighted by Crippen LogP contribution is -2.64. The Morgan fingerprint density at radius 2 is 1.90 bits per heavy atom. The van der Waals surface area contributed by atoms with Crippen molar-refractivity contribution in [1.29, 1.82) is 0 Å². The summed E-state index contributed by atoms with van der Waals surface area (Å²) in [6.45, 7) is 1.83. The van der Waals surface area contributed by atoms with Crippen LogP contribution >= 0.6 is 12.2 Å². The van der Waals surface area contributed by atoms with Crippen molar-refractivity contribution < 1.29 is 9.59 Å². The number of hydrogen-bond donors (Lipinski definition) is 4. The molecule has 110 valence electrons. The summed E-state index contributed by atoms with van der Waals surface area (Å²) in [5, 5.41) is 2.75. The molecule has 0 radical (unpaired) electrons. The maximum Gasteiger partial charge on any atom is 0.251 e. The molecule has 2 unspecified atom stereocenters. The minimum absolute atomic E-state index is 0.0359. The molecule has 1 aromatic carbocycles. The molecule has 0 saturated carbocycles. The van der Waals surface area contributed by atoms with Crippen molar-refractivity contribution in [2.75, 3.05) is 0 Å². The van der Waals surface area contributed by atoms with Crippen LogP contribution in [0.1, 0.15) is 11.1 Å². The number of thiocarbonyl (C=S) groups is 1. The van der Waals surface area contributed by atoms with Gasteiger partial charge in [0.05, 0.1) is 11.7 Å². The predicted octanol–water partition coefficient (Wildman–Crippen LogP) is -0.655. The number of amides is 2. The van der Waals surface area contributed by atoms with E-state index in [-0.39, 0.29) is 10.6 Å². The average molecular weight is 304 g/mol. The number of hydrogen-bond acceptors (Lipinski definition) is 4. The number of benzene rings is 1. The lowest BCUT2D eigenvalue weighted by atomic mass is 9.72. The second-order valence-corrected chi connectivity index (χ2v) is 5.33. The van der Waals surface area contributed by atoms with E-state index in [0.29, 0.717) is 5.56 Å². The molecule has 0 fully saturated rings. The Morgan fingerprint density at radius 3 is 2.43 bits per heavy atom. The van der Waals surface area contributed by atoms with Crippen molar-refractivity contribution in [2.45, 2.75) is 18.5 Å². The highest BCUT2D eigenvalue weighted by molar-refractivity contribution is 7.80. The molecule has 1 heterocycles. The average Bonchev–Trinajstić information content (AvgIpc) is 2.39. The summed E-state index contributed by atoms with van der Waals surface area (Å²) in [4.78, 5) is 23.8. The van der Waals surface area contributed by atoms with Crippen molar-refractivity contribution in [3.63, 3.8) is 0 Å². The number of aryl methyl sites for hydroxylation is 1. The monoisotopic (exact) mass is 304 g/mol. The molecule has 0 spiro atoms. The number of nitrogens with two attached hydrogens (primary N) is 3. The molecule has 1 aromatic rings. The SMILES string of the molecule is Cc1ccccc1C1(C(N)=O)C=C(C(N)=O)C(=S)NC1N. The maximum atomic E-state index is 12.2. The molecule has 6 nitrogen and oxygen atoms in total. The Balaban J connectivity index is 2.78. The van der Waals surface area contributed by atoms with E-state index in [4.69, 9.17) is 29.4 Å². The quantitative estimate of drug-likeness (QED) is 0.552. The highest BCUT2D eigenvalue weighted by atomic mass is 32.1. The lowest BCUT2D eigenvalue weighted by molar-refractivity contribution is -0.122. The number of carbonyl (C=O) groups is 2. The van der Waals surface area contributed by atoms with Crippen molar-refractivity contribution in [3.05, 3.63) is 47.0 Å². The van der Waals surface area contributed by atoms with E-state index >= 15 is 0 Å². The first-order valence-corrected chi connectivity index (χ1v) is 6.66. The van der Waals surface area contributed by atoms with E-state index in [0.717, 1.165) is 5.56 Å². The first kappa shape index (κ1) is 15.1. The highest BCUT2D eigenvalue weighted by Crippen LogP contribution is 2.34. The van der Waals surface area contributed by atoms with Gasteiger partial charge in [0.25, 0.3) is 5.91 Å². The molecule has 1 aliphatic heterocycles. The van der Waals surface area contributed by atoms with Crippen molar-refractivity contribution in [1.82, 2.24) is 5.32 Å². The second kappa shape index (κ2) is 5.27. The fourth-order valence-electron chi connectivity index (χ4n) is 2.54. The molecular weight excluding hydrogens is 288 g/mol. The van der Waals surface area contributed by atoms with E-state index in [1.54, 1.807) is 12.1 Å². The molecule has 7 heteroatoms. The van der Waals surface area contributed by atoms with Gasteiger partial charge in [0.15, 0.2) is 0 Å². The van der Waals surface area contributed by atoms with Gasteiger partial charge >= 0.3 is 0 Å². The number of carbonyl (C=O) groups excluding carboxylic acids is 2. The van der Waals surface area contributed by atoms with Gasteiger partial charge in [-0.1, -0.05) is 36.5 Å². The molecule has 0 bridgehead atoms. The fraction of sp³-hybridized carbons (Fsp3) is 0.214. The van der Waals surface area contributed by atoms with Gasteiger partial charge in [-0.05, 0) is 24.1 Å². The summed E-state index contributed by atoms with van der Waals surface area (Å²) in [6, 6.07) is 7.17. The third-order valence-electron chi connectivity index (χ3n) is 3.66. The molecule has 21 heavy (non-hydrogen) atoms. The van der Waals surface area contributed by atoms with Gasteiger partial charge in [-0.3, -0.25) is 9.59 Å². The van der Waals surface area contributed by atoms with Crippen LogP contribution in [0.25, 0.3) is 0 Å². The zero-order chi connectivity index (χ0) is 15.8. The second-order valence-electron chi connectivity index (χ2n) is 4.92. The molecule has 2 atom stereocenters. The smallest absolute Gasteiger partial charge is 0.251 e. The van der Waals surface area contributed by atoms with E-state index < -0.39 is 23.4 Å². The van der Waals surface area contributed by atoms with Gasteiger partial charge in [-0.25, -0.2) is 0 Å². The summed E-state index contributed by atoms with van der Waals surface area (Å²) in [5.41, 5.74) is 17.1. The molecular formula is C14H16N4O2S. The molecule has 1 aliphatic rings. The van der Waals surface area contributed by atoms with Crippen molar-refractivity contribution in [2.24, 2.45) is 17.2 Å². The van der Waals surface area contributed by atoms with Crippen LogP contribution in [0.3, 0.4) is 0 Å². The van der Waals surface area contributed by atoms with Gasteiger partial charge in [0.1, 0.15) is 10.4 Å². The zero-order valence-electron chi connectivity index (χ0n) is 11.4. The number of primary amides is 2. The number of nitrogens with one attached hydrogen (secondary N) is 1. The standard InChI is InChI=1S/C14H16N4O2S/c1-7-4-2-3-5-9(7)14(13(17)20)6-8(10(15)19)11(21)18-12(14)16/h2-6,12H,16H2,1H3,(H2,15,19)(H2,17,20)(H,18,21). The third kappa shape index (κ3) is 2.30. The molecule has 2 rings (SSSR count). The van der Waals surface area contributed by atoms with Crippen molar-refractivity contribution in [3.8, 4) is 0 Å². The van der Waals surface area contributed by atoms with Crippen LogP contribution < -0.4 is 22.5 Å². The Bertz CT molecular complexity index is 671. The molecule has 0 saturated heterocycles. The highest BCUT2D eigenvalue weighted by Gasteiger charge is 2.47. The van der Waals surface area contributed by atoms with Gasteiger partial charge in [-0.2, -0.15) is 0 Å². The van der Waals surface area contributed by atoms with Crippen LogP contribution in [-0.2, 0) is 15.0 Å². The van der Waals surface area contributed by atoms with E-state index in [2.05, 4.69) is 5.32 Å². The Kier molecular flexibility index (Phi) is 3.80. The van der Waals surface area contributed by atoms with Crippen LogP contribution in [0.15, 0.2) is 35.9 Å². The molecule has 0 aliphatic carbocycles. The van der Waals surface area contributed by atoms with Gasteiger partial charge in [0, 0.05) is 0 Å². The van der Waals surface area contributed by atoms with Crippen LogP contribution in [-0.4, -0.2) is 23.0 Å². The third-order valence-corrected chi connectivity index (χ3v) is 4.00. The minimum Gasteiger partial charge on any atom is -0.369 e. The number of rotatable bonds is 3. The fourth-order valence-corrected chi connectivity index (χ4v) is 2.82. The summed E-state index contributed by atoms with van der Waals surface area (Å²) in [6.07, 6.45) is 0.496. The Hall–Kier alpha value is -2.25. The Morgan fingerprint density at radius 1 is 1.29 bits per heavy atom. The lowest BCUT2D eigenvalue weighted by Gasteiger charge is -2.39. The zero-order valence-corrected chi connectivity index (χ0v) is 12.2. The molecule has 7 N–H and O–H groups in total. The summed E-state index contributed by atoms with van der Waals surface area (Å²) in [5.74, 6) is -1.42. The van der Waals surface area contributed by atoms with Crippen LogP contribution in [0.5, 0.6) is 0 Å². The van der Waals surface area contributed by atoms with E-state index in [9.17, 15) is 9.59 Å². The van der Waals surface area contributed by atoms with Crippen LogP contribution in [0, 0.1) is 6.92 Å². The molecule has 2 amide bonds. The van der Waals surface area contributed by atoms with E-state index in [1.807, 2.05) is 19.1 Å². The van der Waals surface area contributed by atoms with Gasteiger partial charge in [0.2, 0.25) is 5.91 Å². The first-order valence-electron chi connectivity index (χ1n) is 6.26. The summed E-state index contributed by atoms with van der Waals surface area (Å²) >= 11 is 5.04. The van der Waals surface area contributed by atoms with Gasteiger partial charge < -0.3 is 22.5 Å². The summed E-state index contributed by atoms with van der Waals surface area (Å²) < 4.78 is 0. The van der Waals surface area contributed by atoms with E-state index in [1.165, 1.54) is 6.08 Å². The van der Waals surface area contributed by atoms with Crippen LogP contribution in [0.4, 0.5) is 0 Å². The van der Waals surface area contributed by atoms with Crippen molar-refractivity contribution >= 4 is 29.0 Å². The topological polar surface area (TPSA) is 124 Å². The molecule has 0 aromatic heterocycles. The maximum absolute atomic E-state index is 12.2. The largest absolute Gasteiger partial charge is 0.369 e.